The van der Waals surface area contributed by atoms with E-state index in [0.717, 1.165) is 18.4 Å². The smallest absolute Gasteiger partial charge is 0.211 e. The van der Waals surface area contributed by atoms with Crippen molar-refractivity contribution in [3.63, 3.8) is 0 Å². The zero-order valence-electron chi connectivity index (χ0n) is 8.36. The van der Waals surface area contributed by atoms with E-state index in [0.29, 0.717) is 11.4 Å². The third kappa shape index (κ3) is 2.99. The number of carbonyl (C=O) groups excluding carboxylic acids is 2. The number of isocyanates is 2. The van der Waals surface area contributed by atoms with Crippen LogP contribution in [0.3, 0.4) is 0 Å². The van der Waals surface area contributed by atoms with Crippen LogP contribution in [0.25, 0.3) is 0 Å². The molecule has 0 heterocycles. The van der Waals surface area contributed by atoms with Crippen LogP contribution in [-0.2, 0) is 16.0 Å². The molecule has 1 aromatic carbocycles. The van der Waals surface area contributed by atoms with Gasteiger partial charge in [0.2, 0.25) is 12.2 Å². The molecule has 0 N–H and O–H groups in total. The Morgan fingerprint density at radius 1 is 1.20 bits per heavy atom. The maximum absolute atomic E-state index is 10.2. The highest BCUT2D eigenvalue weighted by Crippen LogP contribution is 2.25. The number of hydrogen-bond donors (Lipinski definition) is 0. The van der Waals surface area contributed by atoms with E-state index in [1.165, 1.54) is 12.2 Å². The molecular formula is C11H10N2O2. The third-order valence-corrected chi connectivity index (χ3v) is 1.92. The molecule has 0 aromatic heterocycles. The Kier molecular flexibility index (Phi) is 4.17. The lowest BCUT2D eigenvalue weighted by atomic mass is 10.1. The van der Waals surface area contributed by atoms with Crippen molar-refractivity contribution in [1.29, 1.82) is 0 Å². The molecule has 0 spiro atoms. The number of hydrogen-bond acceptors (Lipinski definition) is 4. The molecule has 1 aromatic rings. The largest absolute Gasteiger partial charge is 0.240 e. The van der Waals surface area contributed by atoms with E-state index in [-0.39, 0.29) is 0 Å². The minimum atomic E-state index is 0.526. The lowest BCUT2D eigenvalue weighted by molar-refractivity contribution is 0.564. The monoisotopic (exact) mass is 202 g/mol. The van der Waals surface area contributed by atoms with Crippen molar-refractivity contribution in [1.82, 2.24) is 0 Å². The van der Waals surface area contributed by atoms with Crippen molar-refractivity contribution in [2.45, 2.75) is 19.8 Å². The van der Waals surface area contributed by atoms with Crippen molar-refractivity contribution >= 4 is 23.5 Å². The molecule has 0 fully saturated rings. The van der Waals surface area contributed by atoms with E-state index in [4.69, 9.17) is 0 Å². The van der Waals surface area contributed by atoms with Gasteiger partial charge in [0.25, 0.3) is 0 Å². The topological polar surface area (TPSA) is 58.9 Å². The maximum Gasteiger partial charge on any atom is 0.240 e. The molecule has 0 amide bonds. The second-order valence-corrected chi connectivity index (χ2v) is 2.97. The summed E-state index contributed by atoms with van der Waals surface area (Å²) in [4.78, 5) is 27.3. The van der Waals surface area contributed by atoms with Crippen LogP contribution in [0.1, 0.15) is 18.9 Å². The van der Waals surface area contributed by atoms with E-state index >= 15 is 0 Å². The Labute approximate surface area is 87.4 Å². The SMILES string of the molecule is CCCc1cc(N=C=O)ccc1N=C=O. The Morgan fingerprint density at radius 2 is 1.93 bits per heavy atom. The van der Waals surface area contributed by atoms with E-state index in [1.807, 2.05) is 6.92 Å². The molecule has 15 heavy (non-hydrogen) atoms. The van der Waals surface area contributed by atoms with Gasteiger partial charge in [0, 0.05) is 0 Å². The van der Waals surface area contributed by atoms with Crippen molar-refractivity contribution in [2.24, 2.45) is 9.98 Å². The first-order chi connectivity index (χ1) is 7.31. The van der Waals surface area contributed by atoms with Crippen molar-refractivity contribution in [3.05, 3.63) is 23.8 Å². The molecule has 0 saturated heterocycles. The summed E-state index contributed by atoms with van der Waals surface area (Å²) < 4.78 is 0. The van der Waals surface area contributed by atoms with Gasteiger partial charge >= 0.3 is 0 Å². The average Bonchev–Trinajstić information content (AvgIpc) is 2.23. The Morgan fingerprint density at radius 3 is 2.53 bits per heavy atom. The summed E-state index contributed by atoms with van der Waals surface area (Å²) in [5.74, 6) is 0. The highest BCUT2D eigenvalue weighted by atomic mass is 16.1. The van der Waals surface area contributed by atoms with Crippen LogP contribution in [0.2, 0.25) is 0 Å². The van der Waals surface area contributed by atoms with Crippen LogP contribution in [-0.4, -0.2) is 12.2 Å². The van der Waals surface area contributed by atoms with Gasteiger partial charge in [0.05, 0.1) is 11.4 Å². The van der Waals surface area contributed by atoms with E-state index < -0.39 is 0 Å². The molecule has 0 aliphatic heterocycles. The van der Waals surface area contributed by atoms with Crippen LogP contribution in [0.4, 0.5) is 11.4 Å². The molecule has 0 aliphatic carbocycles. The van der Waals surface area contributed by atoms with Crippen molar-refractivity contribution in [2.75, 3.05) is 0 Å². The summed E-state index contributed by atoms with van der Waals surface area (Å²) in [6, 6.07) is 4.98. The van der Waals surface area contributed by atoms with Crippen LogP contribution in [0, 0.1) is 0 Å². The molecule has 0 radical (unpaired) electrons. The van der Waals surface area contributed by atoms with Crippen LogP contribution in [0.15, 0.2) is 28.2 Å². The second kappa shape index (κ2) is 5.66. The third-order valence-electron chi connectivity index (χ3n) is 1.92. The van der Waals surface area contributed by atoms with Gasteiger partial charge in [-0.3, -0.25) is 0 Å². The summed E-state index contributed by atoms with van der Waals surface area (Å²) in [6.45, 7) is 2.02. The van der Waals surface area contributed by atoms with Gasteiger partial charge in [-0.15, -0.1) is 0 Å². The fraction of sp³-hybridized carbons (Fsp3) is 0.273. The van der Waals surface area contributed by atoms with E-state index in [1.54, 1.807) is 18.2 Å². The predicted molar refractivity (Wildman–Crippen MR) is 56.0 cm³/mol. The number of nitrogens with zero attached hydrogens (tertiary/aromatic N) is 2. The van der Waals surface area contributed by atoms with Gasteiger partial charge in [-0.1, -0.05) is 13.3 Å². The van der Waals surface area contributed by atoms with Crippen molar-refractivity contribution in [3.8, 4) is 0 Å². The van der Waals surface area contributed by atoms with Crippen molar-refractivity contribution < 1.29 is 9.59 Å². The normalized spacial score (nSPS) is 8.87. The number of rotatable bonds is 4. The first-order valence-corrected chi connectivity index (χ1v) is 4.60. The van der Waals surface area contributed by atoms with Gasteiger partial charge in [-0.05, 0) is 30.2 Å². The number of benzene rings is 1. The quantitative estimate of drug-likeness (QED) is 0.556. The fourth-order valence-corrected chi connectivity index (χ4v) is 1.32. The Hall–Kier alpha value is -2.02. The molecule has 0 saturated carbocycles. The minimum absolute atomic E-state index is 0.526. The minimum Gasteiger partial charge on any atom is -0.211 e. The van der Waals surface area contributed by atoms with Gasteiger partial charge in [0.15, 0.2) is 0 Å². The fourth-order valence-electron chi connectivity index (χ4n) is 1.32. The molecule has 1 rings (SSSR count). The first-order valence-electron chi connectivity index (χ1n) is 4.60. The zero-order valence-corrected chi connectivity index (χ0v) is 8.36. The van der Waals surface area contributed by atoms with Gasteiger partial charge in [0.1, 0.15) is 0 Å². The zero-order chi connectivity index (χ0) is 11.1. The molecule has 4 nitrogen and oxygen atoms in total. The molecule has 0 bridgehead atoms. The van der Waals surface area contributed by atoms with Crippen LogP contribution < -0.4 is 0 Å². The number of aliphatic imine (C=N–C) groups is 2. The lowest BCUT2D eigenvalue weighted by Gasteiger charge is -2.02. The highest BCUT2D eigenvalue weighted by molar-refractivity contribution is 5.60. The number of aryl methyl sites for hydroxylation is 1. The predicted octanol–water partition coefficient (Wildman–Crippen LogP) is 2.57. The molecular weight excluding hydrogens is 192 g/mol. The van der Waals surface area contributed by atoms with Crippen LogP contribution in [0.5, 0.6) is 0 Å². The molecule has 0 unspecified atom stereocenters. The van der Waals surface area contributed by atoms with E-state index in [9.17, 15) is 9.59 Å². The second-order valence-electron chi connectivity index (χ2n) is 2.97. The first kappa shape index (κ1) is 11.1. The summed E-state index contributed by atoms with van der Waals surface area (Å²) in [6.07, 6.45) is 4.68. The lowest BCUT2D eigenvalue weighted by Crippen LogP contribution is -1.83. The average molecular weight is 202 g/mol. The summed E-state index contributed by atoms with van der Waals surface area (Å²) in [5, 5.41) is 0. The van der Waals surface area contributed by atoms with Gasteiger partial charge in [-0.25, -0.2) is 9.59 Å². The highest BCUT2D eigenvalue weighted by Gasteiger charge is 2.02. The molecule has 76 valence electrons. The van der Waals surface area contributed by atoms with Crippen LogP contribution >= 0.6 is 0 Å². The molecule has 0 aliphatic rings. The Bertz CT molecular complexity index is 442. The summed E-state index contributed by atoms with van der Waals surface area (Å²) in [7, 11) is 0. The van der Waals surface area contributed by atoms with Gasteiger partial charge < -0.3 is 0 Å². The van der Waals surface area contributed by atoms with E-state index in [2.05, 4.69) is 9.98 Å². The summed E-state index contributed by atoms with van der Waals surface area (Å²) in [5.41, 5.74) is 1.99. The summed E-state index contributed by atoms with van der Waals surface area (Å²) >= 11 is 0. The molecule has 0 atom stereocenters. The standard InChI is InChI=1S/C11H10N2O2/c1-2-3-9-6-10(12-7-14)4-5-11(9)13-8-15/h4-6H,2-3H2,1H3. The maximum atomic E-state index is 10.2. The van der Waals surface area contributed by atoms with Gasteiger partial charge in [-0.2, -0.15) is 9.98 Å². The Balaban J connectivity index is 3.18. The molecule has 4 heteroatoms.